The van der Waals surface area contributed by atoms with E-state index in [1.54, 1.807) is 17.2 Å². The van der Waals surface area contributed by atoms with E-state index in [0.717, 1.165) is 26.3 Å². The number of amides is 1. The molecule has 1 atom stereocenters. The highest BCUT2D eigenvalue weighted by Crippen LogP contribution is 2.12. The van der Waals surface area contributed by atoms with Crippen molar-refractivity contribution in [2.45, 2.75) is 19.9 Å². The van der Waals surface area contributed by atoms with Crippen molar-refractivity contribution in [3.63, 3.8) is 0 Å². The molecule has 0 saturated carbocycles. The summed E-state index contributed by atoms with van der Waals surface area (Å²) < 4.78 is 10.5. The number of morpholine rings is 1. The number of aryl methyl sites for hydroxylation is 1. The van der Waals surface area contributed by atoms with Crippen molar-refractivity contribution in [3.8, 4) is 0 Å². The molecular formula is C14H22N2O3. The highest BCUT2D eigenvalue weighted by Gasteiger charge is 2.22. The van der Waals surface area contributed by atoms with Gasteiger partial charge in [0.15, 0.2) is 0 Å². The van der Waals surface area contributed by atoms with E-state index in [-0.39, 0.29) is 5.91 Å². The Bertz CT molecular complexity index is 424. The first-order chi connectivity index (χ1) is 9.09. The molecule has 0 radical (unpaired) electrons. The number of carbonyl (C=O) groups is 1. The maximum Gasteiger partial charge on any atom is 0.257 e. The lowest BCUT2D eigenvalue weighted by Crippen LogP contribution is -2.47. The molecule has 0 aromatic carbocycles. The highest BCUT2D eigenvalue weighted by atomic mass is 16.5. The normalized spacial score (nSPS) is 18.3. The first kappa shape index (κ1) is 14.1. The van der Waals surface area contributed by atoms with Crippen LogP contribution in [0, 0.1) is 6.92 Å². The standard InChI is InChI=1S/C14H22N2O3/c1-11(16-5-8-18-9-6-16)10-15(3)14(17)13-4-7-19-12(13)2/h4,7,11H,5-6,8-10H2,1-3H3. The molecule has 1 fully saturated rings. The van der Waals surface area contributed by atoms with E-state index in [9.17, 15) is 4.79 Å². The third-order valence-electron chi connectivity index (χ3n) is 3.64. The molecule has 1 aliphatic heterocycles. The Labute approximate surface area is 114 Å². The molecule has 1 amide bonds. The van der Waals surface area contributed by atoms with Crippen molar-refractivity contribution in [3.05, 3.63) is 23.7 Å². The summed E-state index contributed by atoms with van der Waals surface area (Å²) in [5.74, 6) is 0.697. The molecular weight excluding hydrogens is 244 g/mol. The van der Waals surface area contributed by atoms with Gasteiger partial charge in [-0.25, -0.2) is 0 Å². The van der Waals surface area contributed by atoms with Crippen molar-refractivity contribution in [1.82, 2.24) is 9.80 Å². The molecule has 2 rings (SSSR count). The fourth-order valence-corrected chi connectivity index (χ4v) is 2.43. The number of likely N-dealkylation sites (N-methyl/N-ethyl adjacent to an activating group) is 1. The summed E-state index contributed by atoms with van der Waals surface area (Å²) in [5, 5.41) is 0. The van der Waals surface area contributed by atoms with Crippen LogP contribution in [0.2, 0.25) is 0 Å². The molecule has 0 N–H and O–H groups in total. The van der Waals surface area contributed by atoms with Crippen molar-refractivity contribution < 1.29 is 13.9 Å². The maximum absolute atomic E-state index is 12.3. The van der Waals surface area contributed by atoms with Gasteiger partial charge < -0.3 is 14.1 Å². The summed E-state index contributed by atoms with van der Waals surface area (Å²) in [6.07, 6.45) is 1.56. The Morgan fingerprint density at radius 3 is 2.74 bits per heavy atom. The average molecular weight is 266 g/mol. The lowest BCUT2D eigenvalue weighted by atomic mass is 10.2. The minimum atomic E-state index is 0.0198. The zero-order valence-electron chi connectivity index (χ0n) is 11.9. The zero-order chi connectivity index (χ0) is 13.8. The van der Waals surface area contributed by atoms with Crippen molar-refractivity contribution in [1.29, 1.82) is 0 Å². The van der Waals surface area contributed by atoms with Crippen LogP contribution in [0.25, 0.3) is 0 Å². The van der Waals surface area contributed by atoms with Gasteiger partial charge in [-0.2, -0.15) is 0 Å². The van der Waals surface area contributed by atoms with Gasteiger partial charge in [-0.3, -0.25) is 9.69 Å². The Balaban J connectivity index is 1.91. The Kier molecular flexibility index (Phi) is 4.61. The van der Waals surface area contributed by atoms with Crippen LogP contribution < -0.4 is 0 Å². The minimum Gasteiger partial charge on any atom is -0.469 e. The van der Waals surface area contributed by atoms with Crippen LogP contribution in [0.5, 0.6) is 0 Å². The third-order valence-corrected chi connectivity index (χ3v) is 3.64. The zero-order valence-corrected chi connectivity index (χ0v) is 11.9. The first-order valence-corrected chi connectivity index (χ1v) is 6.71. The van der Waals surface area contributed by atoms with Gasteiger partial charge in [-0.05, 0) is 19.9 Å². The fraction of sp³-hybridized carbons (Fsp3) is 0.643. The molecule has 1 aromatic heterocycles. The summed E-state index contributed by atoms with van der Waals surface area (Å²) >= 11 is 0. The monoisotopic (exact) mass is 266 g/mol. The topological polar surface area (TPSA) is 45.9 Å². The summed E-state index contributed by atoms with van der Waals surface area (Å²) in [4.78, 5) is 16.4. The van der Waals surface area contributed by atoms with Crippen molar-refractivity contribution in [2.24, 2.45) is 0 Å². The summed E-state index contributed by atoms with van der Waals surface area (Å²) in [5.41, 5.74) is 0.650. The summed E-state index contributed by atoms with van der Waals surface area (Å²) in [6.45, 7) is 8.11. The molecule has 1 unspecified atom stereocenters. The summed E-state index contributed by atoms with van der Waals surface area (Å²) in [7, 11) is 1.84. The van der Waals surface area contributed by atoms with Gasteiger partial charge in [-0.1, -0.05) is 0 Å². The Hall–Kier alpha value is -1.33. The summed E-state index contributed by atoms with van der Waals surface area (Å²) in [6, 6.07) is 2.07. The van der Waals surface area contributed by atoms with Crippen LogP contribution in [-0.4, -0.2) is 61.6 Å². The van der Waals surface area contributed by atoms with E-state index in [1.165, 1.54) is 0 Å². The second kappa shape index (κ2) is 6.21. The number of hydrogen-bond donors (Lipinski definition) is 0. The van der Waals surface area contributed by atoms with Gasteiger partial charge >= 0.3 is 0 Å². The van der Waals surface area contributed by atoms with Crippen LogP contribution in [0.4, 0.5) is 0 Å². The molecule has 19 heavy (non-hydrogen) atoms. The second-order valence-corrected chi connectivity index (χ2v) is 5.07. The van der Waals surface area contributed by atoms with E-state index >= 15 is 0 Å². The van der Waals surface area contributed by atoms with Gasteiger partial charge in [0.2, 0.25) is 0 Å². The smallest absolute Gasteiger partial charge is 0.257 e. The predicted octanol–water partition coefficient (Wildman–Crippen LogP) is 1.38. The molecule has 5 heteroatoms. The van der Waals surface area contributed by atoms with E-state index in [4.69, 9.17) is 9.15 Å². The van der Waals surface area contributed by atoms with Crippen molar-refractivity contribution in [2.75, 3.05) is 39.9 Å². The van der Waals surface area contributed by atoms with Gasteiger partial charge in [0.05, 0.1) is 25.0 Å². The third kappa shape index (κ3) is 3.36. The Morgan fingerprint density at radius 1 is 1.47 bits per heavy atom. The molecule has 106 valence electrons. The van der Waals surface area contributed by atoms with E-state index < -0.39 is 0 Å². The molecule has 1 aromatic rings. The highest BCUT2D eigenvalue weighted by molar-refractivity contribution is 5.94. The van der Waals surface area contributed by atoms with E-state index in [2.05, 4.69) is 11.8 Å². The number of rotatable bonds is 4. The van der Waals surface area contributed by atoms with Gasteiger partial charge in [0.25, 0.3) is 5.91 Å². The lowest BCUT2D eigenvalue weighted by molar-refractivity contribution is 0.0142. The average Bonchev–Trinajstić information content (AvgIpc) is 2.85. The van der Waals surface area contributed by atoms with Crippen molar-refractivity contribution >= 4 is 5.91 Å². The minimum absolute atomic E-state index is 0.0198. The molecule has 2 heterocycles. The van der Waals surface area contributed by atoms with Crippen LogP contribution >= 0.6 is 0 Å². The molecule has 5 nitrogen and oxygen atoms in total. The van der Waals surface area contributed by atoms with E-state index in [0.29, 0.717) is 23.9 Å². The lowest BCUT2D eigenvalue weighted by Gasteiger charge is -2.34. The maximum atomic E-state index is 12.3. The molecule has 0 bridgehead atoms. The molecule has 0 spiro atoms. The molecule has 1 aliphatic rings. The van der Waals surface area contributed by atoms with Crippen LogP contribution in [0.3, 0.4) is 0 Å². The van der Waals surface area contributed by atoms with Gasteiger partial charge in [0, 0.05) is 32.7 Å². The second-order valence-electron chi connectivity index (χ2n) is 5.07. The number of ether oxygens (including phenoxy) is 1. The van der Waals surface area contributed by atoms with E-state index in [1.807, 2.05) is 14.0 Å². The van der Waals surface area contributed by atoms with Gasteiger partial charge in [0.1, 0.15) is 5.76 Å². The number of carbonyl (C=O) groups excluding carboxylic acids is 1. The number of furan rings is 1. The quantitative estimate of drug-likeness (QED) is 0.826. The number of hydrogen-bond acceptors (Lipinski definition) is 4. The van der Waals surface area contributed by atoms with Crippen LogP contribution in [-0.2, 0) is 4.74 Å². The fourth-order valence-electron chi connectivity index (χ4n) is 2.43. The SMILES string of the molecule is Cc1occc1C(=O)N(C)CC(C)N1CCOCC1. The largest absolute Gasteiger partial charge is 0.469 e. The van der Waals surface area contributed by atoms with Crippen LogP contribution in [0.1, 0.15) is 23.0 Å². The van der Waals surface area contributed by atoms with Gasteiger partial charge in [-0.15, -0.1) is 0 Å². The molecule has 0 aliphatic carbocycles. The van der Waals surface area contributed by atoms with Crippen LogP contribution in [0.15, 0.2) is 16.7 Å². The Morgan fingerprint density at radius 2 is 2.16 bits per heavy atom. The molecule has 1 saturated heterocycles. The first-order valence-electron chi connectivity index (χ1n) is 6.71. The predicted molar refractivity (Wildman–Crippen MR) is 72.3 cm³/mol. The number of nitrogens with zero attached hydrogens (tertiary/aromatic N) is 2.